The largest absolute Gasteiger partial charge is 0.368 e. The molecule has 2 N–H and O–H groups in total. The Morgan fingerprint density at radius 1 is 1.06 bits per heavy atom. The zero-order chi connectivity index (χ0) is 12.4. The van der Waals surface area contributed by atoms with Crippen LogP contribution in [0.4, 0.5) is 5.95 Å². The van der Waals surface area contributed by atoms with Crippen LogP contribution < -0.4 is 5.73 Å². The number of rotatable bonds is 2. The number of hydrogen-bond donors (Lipinski definition) is 1. The summed E-state index contributed by atoms with van der Waals surface area (Å²) in [5, 5.41) is 1.61. The molecule has 0 spiro atoms. The van der Waals surface area contributed by atoms with Crippen molar-refractivity contribution in [2.45, 2.75) is 5.16 Å². The molecule has 1 heterocycles. The normalized spacial score (nSPS) is 10.5. The van der Waals surface area contributed by atoms with Gasteiger partial charge >= 0.3 is 0 Å². The first kappa shape index (κ1) is 12.4. The van der Waals surface area contributed by atoms with E-state index in [0.29, 0.717) is 26.6 Å². The minimum absolute atomic E-state index is 0.176. The van der Waals surface area contributed by atoms with Gasteiger partial charge in [-0.05, 0) is 24.5 Å². The van der Waals surface area contributed by atoms with Gasteiger partial charge in [-0.15, -0.1) is 0 Å². The number of nitrogens with zero attached hydrogens (tertiary/aromatic N) is 3. The van der Waals surface area contributed by atoms with Gasteiger partial charge in [0.1, 0.15) is 0 Å². The Balaban J connectivity index is 2.55. The summed E-state index contributed by atoms with van der Waals surface area (Å²) in [7, 11) is 0. The summed E-state index contributed by atoms with van der Waals surface area (Å²) in [6, 6.07) is 5.10. The lowest BCUT2D eigenvalue weighted by molar-refractivity contribution is 0.927. The second-order valence-electron chi connectivity index (χ2n) is 3.16. The first-order valence-corrected chi connectivity index (χ1v) is 6.58. The van der Waals surface area contributed by atoms with E-state index in [1.807, 2.05) is 6.26 Å². The average Bonchev–Trinajstić information content (AvgIpc) is 2.26. The highest BCUT2D eigenvalue weighted by Crippen LogP contribution is 2.26. The molecule has 1 aromatic carbocycles. The van der Waals surface area contributed by atoms with Gasteiger partial charge in [-0.1, -0.05) is 35.0 Å². The molecule has 0 fully saturated rings. The molecule has 0 amide bonds. The quantitative estimate of drug-likeness (QED) is 0.859. The highest BCUT2D eigenvalue weighted by atomic mass is 35.5. The zero-order valence-corrected chi connectivity index (χ0v) is 11.1. The second-order valence-corrected chi connectivity index (χ2v) is 4.81. The van der Waals surface area contributed by atoms with Crippen LogP contribution >= 0.6 is 35.0 Å². The Morgan fingerprint density at radius 2 is 1.71 bits per heavy atom. The predicted molar refractivity (Wildman–Crippen MR) is 71.5 cm³/mol. The molecule has 0 aliphatic carbocycles. The molecule has 0 bridgehead atoms. The van der Waals surface area contributed by atoms with Crippen molar-refractivity contribution in [1.29, 1.82) is 0 Å². The topological polar surface area (TPSA) is 64.7 Å². The van der Waals surface area contributed by atoms with Gasteiger partial charge in [-0.3, -0.25) is 0 Å². The lowest BCUT2D eigenvalue weighted by Crippen LogP contribution is -2.01. The smallest absolute Gasteiger partial charge is 0.224 e. The van der Waals surface area contributed by atoms with Gasteiger partial charge in [0.25, 0.3) is 0 Å². The van der Waals surface area contributed by atoms with E-state index in [-0.39, 0.29) is 5.95 Å². The molecule has 2 rings (SSSR count). The molecule has 88 valence electrons. The minimum atomic E-state index is 0.176. The summed E-state index contributed by atoms with van der Waals surface area (Å²) in [6.07, 6.45) is 1.86. The van der Waals surface area contributed by atoms with E-state index in [0.717, 1.165) is 0 Å². The molecule has 1 aromatic heterocycles. The summed E-state index contributed by atoms with van der Waals surface area (Å²) < 4.78 is 0. The third kappa shape index (κ3) is 3.00. The van der Waals surface area contributed by atoms with Gasteiger partial charge in [0.15, 0.2) is 11.0 Å². The number of nitrogen functional groups attached to an aromatic ring is 1. The van der Waals surface area contributed by atoms with Gasteiger partial charge in [0.2, 0.25) is 5.95 Å². The fourth-order valence-corrected chi connectivity index (χ4v) is 2.16. The second kappa shape index (κ2) is 5.08. The lowest BCUT2D eigenvalue weighted by Gasteiger charge is -2.04. The van der Waals surface area contributed by atoms with E-state index in [2.05, 4.69) is 15.0 Å². The van der Waals surface area contributed by atoms with Gasteiger partial charge in [0.05, 0.1) is 0 Å². The van der Waals surface area contributed by atoms with E-state index in [4.69, 9.17) is 28.9 Å². The van der Waals surface area contributed by atoms with E-state index in [1.165, 1.54) is 11.8 Å². The minimum Gasteiger partial charge on any atom is -0.368 e. The average molecular weight is 287 g/mol. The Labute approximate surface area is 113 Å². The molecular weight excluding hydrogens is 279 g/mol. The lowest BCUT2D eigenvalue weighted by atomic mass is 10.2. The Kier molecular flexibility index (Phi) is 3.71. The summed E-state index contributed by atoms with van der Waals surface area (Å²) in [5.41, 5.74) is 6.32. The third-order valence-corrected chi connectivity index (χ3v) is 2.92. The van der Waals surface area contributed by atoms with Gasteiger partial charge in [-0.25, -0.2) is 4.98 Å². The molecule has 0 saturated carbocycles. The number of aromatic nitrogens is 3. The van der Waals surface area contributed by atoms with E-state index >= 15 is 0 Å². The van der Waals surface area contributed by atoms with E-state index < -0.39 is 0 Å². The van der Waals surface area contributed by atoms with Crippen LogP contribution in [0.3, 0.4) is 0 Å². The number of nitrogens with two attached hydrogens (primary N) is 1. The number of benzene rings is 1. The number of anilines is 1. The predicted octanol–water partition coefficient (Wildman–Crippen LogP) is 3.15. The Hall–Kier alpha value is -1.04. The molecule has 2 aromatic rings. The molecule has 0 unspecified atom stereocenters. The highest BCUT2D eigenvalue weighted by molar-refractivity contribution is 7.98. The molecule has 0 atom stereocenters. The van der Waals surface area contributed by atoms with Crippen molar-refractivity contribution >= 4 is 40.9 Å². The molecule has 0 aliphatic heterocycles. The number of thioether (sulfide) groups is 1. The summed E-state index contributed by atoms with van der Waals surface area (Å²) in [4.78, 5) is 12.3. The summed E-state index contributed by atoms with van der Waals surface area (Å²) in [5.74, 6) is 0.640. The van der Waals surface area contributed by atoms with Crippen LogP contribution in [0.15, 0.2) is 23.4 Å². The maximum Gasteiger partial charge on any atom is 0.224 e. The number of hydrogen-bond acceptors (Lipinski definition) is 5. The first-order chi connectivity index (χ1) is 8.08. The molecule has 4 nitrogen and oxygen atoms in total. The maximum atomic E-state index is 5.92. The van der Waals surface area contributed by atoms with Crippen LogP contribution in [0.2, 0.25) is 10.0 Å². The van der Waals surface area contributed by atoms with Gasteiger partial charge in [0, 0.05) is 15.6 Å². The van der Waals surface area contributed by atoms with E-state index in [9.17, 15) is 0 Å². The monoisotopic (exact) mass is 286 g/mol. The molecular formula is C10H8Cl2N4S. The van der Waals surface area contributed by atoms with Crippen molar-refractivity contribution in [3.8, 4) is 11.4 Å². The van der Waals surface area contributed by atoms with Crippen LogP contribution in [-0.2, 0) is 0 Å². The Bertz CT molecular complexity index is 542. The van der Waals surface area contributed by atoms with Crippen molar-refractivity contribution in [2.75, 3.05) is 12.0 Å². The van der Waals surface area contributed by atoms with Crippen LogP contribution in [0.5, 0.6) is 0 Å². The molecule has 7 heteroatoms. The summed E-state index contributed by atoms with van der Waals surface area (Å²) in [6.45, 7) is 0. The fraction of sp³-hybridized carbons (Fsp3) is 0.100. The third-order valence-electron chi connectivity index (χ3n) is 1.94. The van der Waals surface area contributed by atoms with E-state index in [1.54, 1.807) is 18.2 Å². The molecule has 17 heavy (non-hydrogen) atoms. The standard InChI is InChI=1S/C10H8Cl2N4S/c1-17-10-15-8(14-9(13)16-10)5-2-6(11)4-7(12)3-5/h2-4H,1H3,(H2,13,14,15,16). The van der Waals surface area contributed by atoms with Crippen molar-refractivity contribution in [3.63, 3.8) is 0 Å². The highest BCUT2D eigenvalue weighted by Gasteiger charge is 2.08. The van der Waals surface area contributed by atoms with Gasteiger partial charge in [-0.2, -0.15) is 9.97 Å². The van der Waals surface area contributed by atoms with Crippen LogP contribution in [-0.4, -0.2) is 21.2 Å². The van der Waals surface area contributed by atoms with Crippen molar-refractivity contribution in [1.82, 2.24) is 15.0 Å². The number of halogens is 2. The first-order valence-electron chi connectivity index (χ1n) is 4.60. The van der Waals surface area contributed by atoms with Gasteiger partial charge < -0.3 is 5.73 Å². The molecule has 0 saturated heterocycles. The summed E-state index contributed by atoms with van der Waals surface area (Å²) >= 11 is 13.2. The van der Waals surface area contributed by atoms with Crippen LogP contribution in [0.25, 0.3) is 11.4 Å². The molecule has 0 radical (unpaired) electrons. The van der Waals surface area contributed by atoms with Crippen LogP contribution in [0.1, 0.15) is 0 Å². The Morgan fingerprint density at radius 3 is 2.29 bits per heavy atom. The molecule has 0 aliphatic rings. The SMILES string of the molecule is CSc1nc(N)nc(-c2cc(Cl)cc(Cl)c2)n1. The fourth-order valence-electron chi connectivity index (χ4n) is 1.28. The van der Waals surface area contributed by atoms with Crippen molar-refractivity contribution < 1.29 is 0 Å². The van der Waals surface area contributed by atoms with Crippen molar-refractivity contribution in [3.05, 3.63) is 28.2 Å². The van der Waals surface area contributed by atoms with Crippen molar-refractivity contribution in [2.24, 2.45) is 0 Å². The van der Waals surface area contributed by atoms with Crippen LogP contribution in [0, 0.1) is 0 Å². The zero-order valence-electron chi connectivity index (χ0n) is 8.82. The maximum absolute atomic E-state index is 5.92.